The van der Waals surface area contributed by atoms with Crippen LogP contribution in [0.3, 0.4) is 0 Å². The second-order valence-corrected chi connectivity index (χ2v) is 9.46. The summed E-state index contributed by atoms with van der Waals surface area (Å²) >= 11 is 12.4. The van der Waals surface area contributed by atoms with Crippen LogP contribution in [0.1, 0.15) is 24.0 Å². The third kappa shape index (κ3) is 7.47. The van der Waals surface area contributed by atoms with Crippen LogP contribution in [-0.4, -0.2) is 62.4 Å². The van der Waals surface area contributed by atoms with Crippen molar-refractivity contribution in [3.63, 3.8) is 0 Å². The van der Waals surface area contributed by atoms with E-state index in [0.29, 0.717) is 47.2 Å². The molecule has 0 radical (unpaired) electrons. The lowest BCUT2D eigenvalue weighted by atomic mass is 9.94. The van der Waals surface area contributed by atoms with E-state index in [4.69, 9.17) is 43.1 Å². The van der Waals surface area contributed by atoms with Gasteiger partial charge in [0.05, 0.1) is 22.6 Å². The lowest BCUT2D eigenvalue weighted by molar-refractivity contribution is -0.137. The van der Waals surface area contributed by atoms with Crippen LogP contribution in [0.2, 0.25) is 10.0 Å². The molecule has 0 spiro atoms. The number of methoxy groups -OCH3 is 1. The Morgan fingerprint density at radius 2 is 1.97 bits per heavy atom. The number of halogens is 2. The maximum absolute atomic E-state index is 13.0. The van der Waals surface area contributed by atoms with Gasteiger partial charge in [-0.15, -0.1) is 0 Å². The number of likely N-dealkylation sites (tertiary alicyclic amines) is 1. The topological polar surface area (TPSA) is 86.9 Å². The highest BCUT2D eigenvalue weighted by atomic mass is 35.5. The molecular formula is C25H33Cl2N3O4. The maximum Gasteiger partial charge on any atom is 0.227 e. The molecule has 2 unspecified atom stereocenters. The number of aryl methyl sites for hydroxylation is 1. The minimum Gasteiger partial charge on any atom is -0.487 e. The van der Waals surface area contributed by atoms with E-state index < -0.39 is 0 Å². The zero-order chi connectivity index (χ0) is 24.5. The highest BCUT2D eigenvalue weighted by Crippen LogP contribution is 2.34. The van der Waals surface area contributed by atoms with E-state index in [9.17, 15) is 4.79 Å². The lowest BCUT2D eigenvalue weighted by Crippen LogP contribution is -2.46. The Bertz CT molecular complexity index is 917. The first kappa shape index (κ1) is 26.5. The molecule has 0 aliphatic carbocycles. The van der Waals surface area contributed by atoms with Crippen molar-refractivity contribution in [2.45, 2.75) is 26.2 Å². The largest absolute Gasteiger partial charge is 0.487 e. The minimum atomic E-state index is -0.271. The molecule has 1 aliphatic heterocycles. The number of hydrogen-bond acceptors (Lipinski definition) is 6. The SMILES string of the molecule is COCC1CCCN(C(=O)C(CN)Cc2ccc(OCCOc3c(Cl)cc(C)cc3Cl)nc2)C1. The predicted molar refractivity (Wildman–Crippen MR) is 134 cm³/mol. The number of pyridine rings is 1. The summed E-state index contributed by atoms with van der Waals surface area (Å²) in [7, 11) is 1.70. The van der Waals surface area contributed by atoms with Gasteiger partial charge in [0.25, 0.3) is 0 Å². The number of rotatable bonds is 11. The van der Waals surface area contributed by atoms with Crippen molar-refractivity contribution in [3.05, 3.63) is 51.6 Å². The van der Waals surface area contributed by atoms with Gasteiger partial charge < -0.3 is 24.8 Å². The highest BCUT2D eigenvalue weighted by Gasteiger charge is 2.28. The van der Waals surface area contributed by atoms with Gasteiger partial charge in [0.15, 0.2) is 5.75 Å². The number of ether oxygens (including phenoxy) is 3. The Labute approximate surface area is 211 Å². The molecule has 1 fully saturated rings. The molecule has 9 heteroatoms. The van der Waals surface area contributed by atoms with Crippen LogP contribution in [0.4, 0.5) is 0 Å². The van der Waals surface area contributed by atoms with Crippen LogP contribution in [0.25, 0.3) is 0 Å². The molecule has 2 atom stereocenters. The fourth-order valence-corrected chi connectivity index (χ4v) is 4.89. The third-order valence-electron chi connectivity index (χ3n) is 5.87. The second-order valence-electron chi connectivity index (χ2n) is 8.64. The number of piperidine rings is 1. The number of carbonyl (C=O) groups is 1. The summed E-state index contributed by atoms with van der Waals surface area (Å²) in [5.74, 6) is 1.14. The Kier molecular flexibility index (Phi) is 10.3. The molecule has 1 aliphatic rings. The number of carbonyl (C=O) groups excluding carboxylic acids is 1. The molecule has 1 amide bonds. The highest BCUT2D eigenvalue weighted by molar-refractivity contribution is 6.37. The summed E-state index contributed by atoms with van der Waals surface area (Å²) in [6.45, 7) is 4.96. The average Bonchev–Trinajstić information content (AvgIpc) is 2.82. The Morgan fingerprint density at radius 1 is 1.24 bits per heavy atom. The van der Waals surface area contributed by atoms with Gasteiger partial charge in [0.1, 0.15) is 13.2 Å². The van der Waals surface area contributed by atoms with E-state index >= 15 is 0 Å². The van der Waals surface area contributed by atoms with Crippen molar-refractivity contribution >= 4 is 29.1 Å². The molecule has 186 valence electrons. The van der Waals surface area contributed by atoms with Crippen LogP contribution in [-0.2, 0) is 16.0 Å². The molecule has 0 bridgehead atoms. The molecule has 1 saturated heterocycles. The standard InChI is InChI=1S/C25H33Cl2N3O4/c1-17-10-21(26)24(22(27)11-17)34-9-8-33-23-6-5-18(14-29-23)12-20(13-28)25(31)30-7-3-4-19(15-30)16-32-2/h5-6,10-11,14,19-20H,3-4,7-9,12-13,15-16,28H2,1-2H3. The van der Waals surface area contributed by atoms with Gasteiger partial charge in [-0.2, -0.15) is 0 Å². The summed E-state index contributed by atoms with van der Waals surface area (Å²) in [5.41, 5.74) is 7.87. The van der Waals surface area contributed by atoms with Crippen molar-refractivity contribution in [2.75, 3.05) is 46.6 Å². The van der Waals surface area contributed by atoms with Gasteiger partial charge >= 0.3 is 0 Å². The van der Waals surface area contributed by atoms with Crippen molar-refractivity contribution in [1.29, 1.82) is 0 Å². The third-order valence-corrected chi connectivity index (χ3v) is 6.43. The normalized spacial score (nSPS) is 16.9. The van der Waals surface area contributed by atoms with Gasteiger partial charge in [0.2, 0.25) is 11.8 Å². The number of aromatic nitrogens is 1. The fraction of sp³-hybridized carbons (Fsp3) is 0.520. The van der Waals surface area contributed by atoms with E-state index in [0.717, 1.165) is 37.1 Å². The summed E-state index contributed by atoms with van der Waals surface area (Å²) in [5, 5.41) is 0.936. The van der Waals surface area contributed by atoms with Crippen LogP contribution >= 0.6 is 23.2 Å². The van der Waals surface area contributed by atoms with Gasteiger partial charge in [-0.1, -0.05) is 29.3 Å². The first-order valence-corrected chi connectivity index (χ1v) is 12.3. The second kappa shape index (κ2) is 13.1. The summed E-state index contributed by atoms with van der Waals surface area (Å²) in [4.78, 5) is 19.3. The first-order chi connectivity index (χ1) is 16.4. The molecule has 7 nitrogen and oxygen atoms in total. The fourth-order valence-electron chi connectivity index (χ4n) is 4.18. The molecular weight excluding hydrogens is 477 g/mol. The zero-order valence-corrected chi connectivity index (χ0v) is 21.3. The van der Waals surface area contributed by atoms with Crippen LogP contribution in [0.5, 0.6) is 11.6 Å². The van der Waals surface area contributed by atoms with Gasteiger partial charge in [-0.05, 0) is 55.4 Å². The quantitative estimate of drug-likeness (QED) is 0.457. The Morgan fingerprint density at radius 3 is 2.62 bits per heavy atom. The van der Waals surface area contributed by atoms with Crippen LogP contribution < -0.4 is 15.2 Å². The summed E-state index contributed by atoms with van der Waals surface area (Å²) in [6, 6.07) is 7.30. The molecule has 0 saturated carbocycles. The minimum absolute atomic E-state index is 0.106. The Balaban J connectivity index is 1.47. The summed E-state index contributed by atoms with van der Waals surface area (Å²) in [6.07, 6.45) is 4.36. The van der Waals surface area contributed by atoms with Gasteiger partial charge in [0, 0.05) is 39.0 Å². The lowest BCUT2D eigenvalue weighted by Gasteiger charge is -2.34. The van der Waals surface area contributed by atoms with Crippen LogP contribution in [0, 0.1) is 18.8 Å². The smallest absolute Gasteiger partial charge is 0.227 e. The predicted octanol–water partition coefficient (Wildman–Crippen LogP) is 4.16. The van der Waals surface area contributed by atoms with Crippen molar-refractivity contribution in [2.24, 2.45) is 17.6 Å². The van der Waals surface area contributed by atoms with Crippen molar-refractivity contribution < 1.29 is 19.0 Å². The van der Waals surface area contributed by atoms with E-state index in [1.54, 1.807) is 31.5 Å². The van der Waals surface area contributed by atoms with E-state index in [-0.39, 0.29) is 25.0 Å². The van der Waals surface area contributed by atoms with Crippen molar-refractivity contribution in [3.8, 4) is 11.6 Å². The van der Waals surface area contributed by atoms with Crippen LogP contribution in [0.15, 0.2) is 30.5 Å². The number of hydrogen-bond donors (Lipinski definition) is 1. The molecule has 1 aromatic carbocycles. The van der Waals surface area contributed by atoms with E-state index in [1.807, 2.05) is 17.9 Å². The number of nitrogens with two attached hydrogens (primary N) is 1. The van der Waals surface area contributed by atoms with Gasteiger partial charge in [-0.25, -0.2) is 4.98 Å². The average molecular weight is 510 g/mol. The van der Waals surface area contributed by atoms with Crippen molar-refractivity contribution in [1.82, 2.24) is 9.88 Å². The zero-order valence-electron chi connectivity index (χ0n) is 19.8. The molecule has 34 heavy (non-hydrogen) atoms. The number of nitrogens with zero attached hydrogens (tertiary/aromatic N) is 2. The number of amides is 1. The summed E-state index contributed by atoms with van der Waals surface area (Å²) < 4.78 is 16.6. The molecule has 3 rings (SSSR count). The molecule has 2 heterocycles. The monoisotopic (exact) mass is 509 g/mol. The molecule has 2 aromatic rings. The van der Waals surface area contributed by atoms with E-state index in [1.165, 1.54) is 0 Å². The maximum atomic E-state index is 13.0. The molecule has 1 aromatic heterocycles. The number of benzene rings is 1. The van der Waals surface area contributed by atoms with Gasteiger partial charge in [-0.3, -0.25) is 4.79 Å². The molecule has 2 N–H and O–H groups in total. The van der Waals surface area contributed by atoms with E-state index in [2.05, 4.69) is 4.98 Å². The first-order valence-electron chi connectivity index (χ1n) is 11.5. The Hall–Kier alpha value is -2.06.